The largest absolute Gasteiger partial charge is 0.455 e. The van der Waals surface area contributed by atoms with Gasteiger partial charge in [0.05, 0.1) is 0 Å². The minimum atomic E-state index is 0.0151. The summed E-state index contributed by atoms with van der Waals surface area (Å²) in [6.45, 7) is 15.8. The summed E-state index contributed by atoms with van der Waals surface area (Å²) in [6.07, 6.45) is 0. The SMILES string of the molecule is Cc1ccc(-c2cc3oc4c5ccccc5c5oc6ccc7cc(C(C)(C)C)ccc7c6c5c4c3c3ccc(C(C)(C)C)cc23)cc1. The van der Waals surface area contributed by atoms with Crippen molar-refractivity contribution in [3.8, 4) is 11.1 Å². The maximum atomic E-state index is 7.02. The Morgan fingerprint density at radius 1 is 0.447 bits per heavy atom. The Hall–Kier alpha value is -5.08. The molecule has 0 spiro atoms. The van der Waals surface area contributed by atoms with Gasteiger partial charge in [-0.15, -0.1) is 0 Å². The Kier molecular flexibility index (Phi) is 5.68. The van der Waals surface area contributed by atoms with E-state index < -0.39 is 0 Å². The van der Waals surface area contributed by atoms with Crippen LogP contribution in [-0.2, 0) is 10.8 Å². The predicted molar refractivity (Wildman–Crippen MR) is 201 cm³/mol. The molecule has 0 saturated heterocycles. The zero-order valence-corrected chi connectivity index (χ0v) is 28.1. The maximum Gasteiger partial charge on any atom is 0.144 e. The Labute approximate surface area is 274 Å². The van der Waals surface area contributed by atoms with E-state index in [0.717, 1.165) is 54.6 Å². The summed E-state index contributed by atoms with van der Waals surface area (Å²) in [5.41, 5.74) is 9.98. The summed E-state index contributed by atoms with van der Waals surface area (Å²) >= 11 is 0. The standard InChI is InChI=1S/C45H38O2/c1-25-12-14-26(15-13-25)34-24-37-39(31-20-18-29(23-35(31)34)45(5,6)7)41-40-38-30-19-17-28(44(2,3)4)22-27(30)16-21-36(38)46-42(40)32-10-8-9-11-33(32)43(41)47-37/h8-24H,1-7H3. The van der Waals surface area contributed by atoms with Crippen LogP contribution in [0.25, 0.3) is 87.3 Å². The molecule has 2 nitrogen and oxygen atoms in total. The smallest absolute Gasteiger partial charge is 0.144 e. The molecule has 0 aliphatic rings. The van der Waals surface area contributed by atoms with Crippen molar-refractivity contribution in [3.63, 3.8) is 0 Å². The van der Waals surface area contributed by atoms with Crippen LogP contribution >= 0.6 is 0 Å². The molecule has 2 heterocycles. The topological polar surface area (TPSA) is 26.3 Å². The van der Waals surface area contributed by atoms with Crippen molar-refractivity contribution < 1.29 is 8.83 Å². The van der Waals surface area contributed by atoms with E-state index in [1.807, 2.05) is 0 Å². The van der Waals surface area contributed by atoms with Crippen LogP contribution in [-0.4, -0.2) is 0 Å². The molecule has 0 aliphatic carbocycles. The Morgan fingerprint density at radius 3 is 1.66 bits per heavy atom. The average molecular weight is 611 g/mol. The third-order valence-corrected chi connectivity index (χ3v) is 10.2. The Bertz CT molecular complexity index is 2740. The van der Waals surface area contributed by atoms with Crippen molar-refractivity contribution in [2.75, 3.05) is 0 Å². The quantitative estimate of drug-likeness (QED) is 0.185. The molecule has 0 bridgehead atoms. The lowest BCUT2D eigenvalue weighted by Crippen LogP contribution is -2.10. The van der Waals surface area contributed by atoms with Gasteiger partial charge in [0.2, 0.25) is 0 Å². The summed E-state index contributed by atoms with van der Waals surface area (Å²) < 4.78 is 13.9. The lowest BCUT2D eigenvalue weighted by Gasteiger charge is -2.20. The van der Waals surface area contributed by atoms with Gasteiger partial charge in [-0.2, -0.15) is 0 Å². The molecule has 0 fully saturated rings. The molecule has 0 aliphatic heterocycles. The molecule has 47 heavy (non-hydrogen) atoms. The average Bonchev–Trinajstić information content (AvgIpc) is 3.63. The minimum absolute atomic E-state index is 0.0151. The first-order valence-corrected chi connectivity index (χ1v) is 16.7. The van der Waals surface area contributed by atoms with Crippen LogP contribution in [0.4, 0.5) is 0 Å². The summed E-state index contributed by atoms with van der Waals surface area (Å²) in [5, 5.41) is 11.6. The second-order valence-corrected chi connectivity index (χ2v) is 15.5. The fourth-order valence-corrected chi connectivity index (χ4v) is 7.58. The molecule has 0 unspecified atom stereocenters. The maximum absolute atomic E-state index is 7.02. The van der Waals surface area contributed by atoms with Gasteiger partial charge < -0.3 is 8.83 Å². The first kappa shape index (κ1) is 28.2. The third kappa shape index (κ3) is 4.10. The molecule has 7 aromatic carbocycles. The van der Waals surface area contributed by atoms with E-state index in [9.17, 15) is 0 Å². The molecular weight excluding hydrogens is 572 g/mol. The van der Waals surface area contributed by atoms with Crippen molar-refractivity contribution in [1.82, 2.24) is 0 Å². The van der Waals surface area contributed by atoms with Gasteiger partial charge in [-0.1, -0.05) is 132 Å². The van der Waals surface area contributed by atoms with Gasteiger partial charge in [0.25, 0.3) is 0 Å². The number of hydrogen-bond donors (Lipinski definition) is 0. The minimum Gasteiger partial charge on any atom is -0.455 e. The van der Waals surface area contributed by atoms with E-state index in [1.54, 1.807) is 0 Å². The Morgan fingerprint density at radius 2 is 1.02 bits per heavy atom. The van der Waals surface area contributed by atoms with Gasteiger partial charge in [-0.05, 0) is 79.8 Å². The monoisotopic (exact) mass is 610 g/mol. The molecule has 2 aromatic heterocycles. The van der Waals surface area contributed by atoms with Gasteiger partial charge in [0, 0.05) is 32.3 Å². The number of fused-ring (bicyclic) bond motifs is 14. The van der Waals surface area contributed by atoms with E-state index in [-0.39, 0.29) is 10.8 Å². The van der Waals surface area contributed by atoms with Gasteiger partial charge in [0.15, 0.2) is 0 Å². The summed E-state index contributed by atoms with van der Waals surface area (Å²) in [5.74, 6) is 0. The number of aryl methyl sites for hydroxylation is 1. The molecule has 0 atom stereocenters. The lowest BCUT2D eigenvalue weighted by molar-refractivity contribution is 0.591. The summed E-state index contributed by atoms with van der Waals surface area (Å²) in [6, 6.07) is 37.9. The van der Waals surface area contributed by atoms with Crippen molar-refractivity contribution in [2.45, 2.75) is 59.3 Å². The van der Waals surface area contributed by atoms with E-state index in [0.29, 0.717) is 0 Å². The van der Waals surface area contributed by atoms with E-state index in [4.69, 9.17) is 8.83 Å². The molecule has 0 radical (unpaired) electrons. The first-order valence-electron chi connectivity index (χ1n) is 16.7. The second kappa shape index (κ2) is 9.48. The first-order chi connectivity index (χ1) is 22.5. The van der Waals surface area contributed by atoms with Crippen LogP contribution in [0.15, 0.2) is 112 Å². The van der Waals surface area contributed by atoms with Gasteiger partial charge in [-0.25, -0.2) is 0 Å². The summed E-state index contributed by atoms with van der Waals surface area (Å²) in [4.78, 5) is 0. The van der Waals surface area contributed by atoms with Crippen LogP contribution in [0.1, 0.15) is 58.2 Å². The summed E-state index contributed by atoms with van der Waals surface area (Å²) in [7, 11) is 0. The van der Waals surface area contributed by atoms with Crippen LogP contribution in [0.3, 0.4) is 0 Å². The number of furan rings is 2. The van der Waals surface area contributed by atoms with E-state index in [1.165, 1.54) is 49.4 Å². The van der Waals surface area contributed by atoms with Crippen molar-refractivity contribution >= 4 is 76.2 Å². The van der Waals surface area contributed by atoms with Crippen molar-refractivity contribution in [1.29, 1.82) is 0 Å². The molecule has 0 saturated carbocycles. The fraction of sp³-hybridized carbons (Fsp3) is 0.200. The highest BCUT2D eigenvalue weighted by atomic mass is 16.3. The van der Waals surface area contributed by atoms with Gasteiger partial charge in [-0.3, -0.25) is 0 Å². The van der Waals surface area contributed by atoms with E-state index >= 15 is 0 Å². The van der Waals surface area contributed by atoms with Crippen molar-refractivity contribution in [2.24, 2.45) is 0 Å². The lowest BCUT2D eigenvalue weighted by atomic mass is 9.84. The van der Waals surface area contributed by atoms with Crippen molar-refractivity contribution in [3.05, 3.63) is 120 Å². The number of benzene rings is 7. The highest BCUT2D eigenvalue weighted by Crippen LogP contribution is 2.50. The molecule has 0 amide bonds. The van der Waals surface area contributed by atoms with Gasteiger partial charge >= 0.3 is 0 Å². The number of rotatable bonds is 1. The highest BCUT2D eigenvalue weighted by molar-refractivity contribution is 6.40. The van der Waals surface area contributed by atoms with Gasteiger partial charge in [0.1, 0.15) is 22.3 Å². The second-order valence-electron chi connectivity index (χ2n) is 15.5. The highest BCUT2D eigenvalue weighted by Gasteiger charge is 2.25. The van der Waals surface area contributed by atoms with Crippen LogP contribution in [0.5, 0.6) is 0 Å². The number of hydrogen-bond acceptors (Lipinski definition) is 2. The molecule has 230 valence electrons. The molecule has 9 rings (SSSR count). The van der Waals surface area contributed by atoms with Crippen LogP contribution in [0.2, 0.25) is 0 Å². The predicted octanol–water partition coefficient (Wildman–Crippen LogP) is 13.5. The van der Waals surface area contributed by atoms with Crippen LogP contribution in [0, 0.1) is 6.92 Å². The normalized spacial score (nSPS) is 13.0. The zero-order valence-electron chi connectivity index (χ0n) is 28.1. The van der Waals surface area contributed by atoms with E-state index in [2.05, 4.69) is 152 Å². The third-order valence-electron chi connectivity index (χ3n) is 10.2. The molecular formula is C45H38O2. The molecule has 9 aromatic rings. The zero-order chi connectivity index (χ0) is 32.4. The van der Waals surface area contributed by atoms with Crippen LogP contribution < -0.4 is 0 Å². The fourth-order valence-electron chi connectivity index (χ4n) is 7.58. The molecule has 2 heteroatoms. The molecule has 0 N–H and O–H groups in total. The Balaban J connectivity index is 1.52.